The van der Waals surface area contributed by atoms with E-state index >= 15 is 0 Å². The Kier molecular flexibility index (Phi) is 3.64. The van der Waals surface area contributed by atoms with Crippen molar-refractivity contribution in [1.29, 1.82) is 0 Å². The van der Waals surface area contributed by atoms with Crippen molar-refractivity contribution >= 4 is 11.8 Å². The molecule has 1 fully saturated rings. The molecule has 6 nitrogen and oxygen atoms in total. The molecule has 0 unspecified atom stereocenters. The van der Waals surface area contributed by atoms with Crippen LogP contribution in [0, 0.1) is 13.8 Å². The lowest BCUT2D eigenvalue weighted by molar-refractivity contribution is -0.134. The molecule has 0 spiro atoms. The minimum Gasteiger partial charge on any atom is -0.354 e. The van der Waals surface area contributed by atoms with E-state index in [1.807, 2.05) is 13.8 Å². The second kappa shape index (κ2) is 5.20. The van der Waals surface area contributed by atoms with Crippen LogP contribution in [0.3, 0.4) is 0 Å². The van der Waals surface area contributed by atoms with Crippen LogP contribution in [0.1, 0.15) is 23.4 Å². The maximum absolute atomic E-state index is 12.2. The maximum Gasteiger partial charge on any atom is 0.239 e. The first kappa shape index (κ1) is 12.6. The molecule has 0 atom stereocenters. The van der Waals surface area contributed by atoms with E-state index in [0.29, 0.717) is 19.5 Å². The van der Waals surface area contributed by atoms with E-state index in [1.165, 1.54) is 0 Å². The first-order valence-corrected chi connectivity index (χ1v) is 6.13. The molecule has 0 saturated carbocycles. The van der Waals surface area contributed by atoms with Gasteiger partial charge in [0.2, 0.25) is 11.8 Å². The highest BCUT2D eigenvalue weighted by atomic mass is 16.2. The molecule has 18 heavy (non-hydrogen) atoms. The van der Waals surface area contributed by atoms with Crippen molar-refractivity contribution in [3.05, 3.63) is 17.0 Å². The number of H-pyrrole nitrogens is 1. The van der Waals surface area contributed by atoms with E-state index in [2.05, 4.69) is 15.5 Å². The third kappa shape index (κ3) is 2.69. The van der Waals surface area contributed by atoms with Gasteiger partial charge in [0.25, 0.3) is 0 Å². The van der Waals surface area contributed by atoms with Crippen LogP contribution in [-0.4, -0.2) is 46.5 Å². The standard InChI is InChI=1S/C12H18N4O2/c1-8-10(9(2)15-14-8)6-12(18)16-5-3-4-13-11(17)7-16/h3-7H2,1-2H3,(H,13,17)(H,14,15). The zero-order valence-electron chi connectivity index (χ0n) is 10.7. The summed E-state index contributed by atoms with van der Waals surface area (Å²) in [5, 5.41) is 9.70. The number of carbonyl (C=O) groups is 2. The zero-order chi connectivity index (χ0) is 13.1. The molecule has 1 aliphatic rings. The number of rotatable bonds is 2. The Morgan fingerprint density at radius 1 is 1.44 bits per heavy atom. The van der Waals surface area contributed by atoms with Gasteiger partial charge in [0.15, 0.2) is 0 Å². The lowest BCUT2D eigenvalue weighted by Gasteiger charge is -2.18. The monoisotopic (exact) mass is 250 g/mol. The summed E-state index contributed by atoms with van der Waals surface area (Å²) in [6, 6.07) is 0. The number of aryl methyl sites for hydroxylation is 2. The molecule has 0 aromatic carbocycles. The average Bonchev–Trinajstić information content (AvgIpc) is 2.56. The van der Waals surface area contributed by atoms with Crippen LogP contribution in [0.2, 0.25) is 0 Å². The topological polar surface area (TPSA) is 78.1 Å². The van der Waals surface area contributed by atoms with Crippen LogP contribution in [0.25, 0.3) is 0 Å². The smallest absolute Gasteiger partial charge is 0.239 e. The number of aromatic nitrogens is 2. The van der Waals surface area contributed by atoms with Crippen LogP contribution >= 0.6 is 0 Å². The Hall–Kier alpha value is -1.85. The van der Waals surface area contributed by atoms with Gasteiger partial charge in [-0.1, -0.05) is 0 Å². The Morgan fingerprint density at radius 2 is 2.22 bits per heavy atom. The minimum absolute atomic E-state index is 0.0142. The second-order valence-electron chi connectivity index (χ2n) is 4.61. The first-order chi connectivity index (χ1) is 8.58. The van der Waals surface area contributed by atoms with Crippen molar-refractivity contribution < 1.29 is 9.59 Å². The normalized spacial score (nSPS) is 16.3. The summed E-state index contributed by atoms with van der Waals surface area (Å²) in [7, 11) is 0. The minimum atomic E-state index is -0.0820. The fourth-order valence-corrected chi connectivity index (χ4v) is 2.12. The van der Waals surface area contributed by atoms with Crippen molar-refractivity contribution in [3.63, 3.8) is 0 Å². The van der Waals surface area contributed by atoms with Crippen molar-refractivity contribution in [2.45, 2.75) is 26.7 Å². The molecule has 2 heterocycles. The van der Waals surface area contributed by atoms with Crippen molar-refractivity contribution in [3.8, 4) is 0 Å². The Bertz CT molecular complexity index is 447. The van der Waals surface area contributed by atoms with Crippen molar-refractivity contribution in [1.82, 2.24) is 20.4 Å². The summed E-state index contributed by atoms with van der Waals surface area (Å²) in [6.07, 6.45) is 1.11. The summed E-state index contributed by atoms with van der Waals surface area (Å²) < 4.78 is 0. The zero-order valence-corrected chi connectivity index (χ0v) is 10.7. The number of amides is 2. The van der Waals surface area contributed by atoms with Gasteiger partial charge < -0.3 is 10.2 Å². The predicted molar refractivity (Wildman–Crippen MR) is 66.0 cm³/mol. The van der Waals surface area contributed by atoms with Crippen LogP contribution in [0.4, 0.5) is 0 Å². The molecule has 2 N–H and O–H groups in total. The van der Waals surface area contributed by atoms with E-state index < -0.39 is 0 Å². The van der Waals surface area contributed by atoms with Gasteiger partial charge in [-0.05, 0) is 20.3 Å². The highest BCUT2D eigenvalue weighted by Gasteiger charge is 2.21. The molecule has 0 bridgehead atoms. The molecule has 2 amide bonds. The average molecular weight is 250 g/mol. The van der Waals surface area contributed by atoms with Gasteiger partial charge in [0.05, 0.1) is 18.7 Å². The Morgan fingerprint density at radius 3 is 2.89 bits per heavy atom. The fourth-order valence-electron chi connectivity index (χ4n) is 2.12. The van der Waals surface area contributed by atoms with E-state index in [9.17, 15) is 9.59 Å². The number of hydrogen-bond acceptors (Lipinski definition) is 3. The largest absolute Gasteiger partial charge is 0.354 e. The molecular formula is C12H18N4O2. The predicted octanol–water partition coefficient (Wildman–Crippen LogP) is -0.0825. The number of aromatic amines is 1. The Labute approximate surface area is 106 Å². The SMILES string of the molecule is Cc1n[nH]c(C)c1CC(=O)N1CCCNC(=O)C1. The van der Waals surface area contributed by atoms with Gasteiger partial charge in [-0.2, -0.15) is 5.10 Å². The van der Waals surface area contributed by atoms with E-state index in [1.54, 1.807) is 4.90 Å². The van der Waals surface area contributed by atoms with Crippen LogP contribution in [-0.2, 0) is 16.0 Å². The van der Waals surface area contributed by atoms with Gasteiger partial charge >= 0.3 is 0 Å². The molecular weight excluding hydrogens is 232 g/mol. The molecule has 0 aliphatic carbocycles. The van der Waals surface area contributed by atoms with Crippen LogP contribution in [0.15, 0.2) is 0 Å². The molecule has 0 radical (unpaired) electrons. The summed E-state index contributed by atoms with van der Waals surface area (Å²) >= 11 is 0. The number of nitrogens with zero attached hydrogens (tertiary/aromatic N) is 2. The lowest BCUT2D eigenvalue weighted by Crippen LogP contribution is -2.38. The third-order valence-electron chi connectivity index (χ3n) is 3.22. The molecule has 1 saturated heterocycles. The third-order valence-corrected chi connectivity index (χ3v) is 3.22. The number of carbonyl (C=O) groups excluding carboxylic acids is 2. The molecule has 1 aliphatic heterocycles. The first-order valence-electron chi connectivity index (χ1n) is 6.13. The van der Waals surface area contributed by atoms with Crippen LogP contribution in [0.5, 0.6) is 0 Å². The van der Waals surface area contributed by atoms with E-state index in [0.717, 1.165) is 23.4 Å². The lowest BCUT2D eigenvalue weighted by atomic mass is 10.1. The number of nitrogens with one attached hydrogen (secondary N) is 2. The van der Waals surface area contributed by atoms with Crippen LogP contribution < -0.4 is 5.32 Å². The summed E-state index contributed by atoms with van der Waals surface area (Å²) in [5.74, 6) is -0.0962. The van der Waals surface area contributed by atoms with Gasteiger partial charge in [0.1, 0.15) is 0 Å². The van der Waals surface area contributed by atoms with Gasteiger partial charge in [-0.15, -0.1) is 0 Å². The maximum atomic E-state index is 12.2. The van der Waals surface area contributed by atoms with Gasteiger partial charge in [-0.3, -0.25) is 14.7 Å². The molecule has 2 rings (SSSR count). The van der Waals surface area contributed by atoms with Gasteiger partial charge in [-0.25, -0.2) is 0 Å². The summed E-state index contributed by atoms with van der Waals surface area (Å²) in [5.41, 5.74) is 2.70. The summed E-state index contributed by atoms with van der Waals surface area (Å²) in [6.45, 7) is 5.22. The van der Waals surface area contributed by atoms with Gasteiger partial charge in [0, 0.05) is 24.3 Å². The molecule has 1 aromatic heterocycles. The quantitative estimate of drug-likeness (QED) is 0.770. The molecule has 6 heteroatoms. The molecule has 98 valence electrons. The Balaban J connectivity index is 2.05. The van der Waals surface area contributed by atoms with E-state index in [-0.39, 0.29) is 18.4 Å². The highest BCUT2D eigenvalue weighted by Crippen LogP contribution is 2.12. The highest BCUT2D eigenvalue weighted by molar-refractivity contribution is 5.86. The van der Waals surface area contributed by atoms with Crippen molar-refractivity contribution in [2.24, 2.45) is 0 Å². The van der Waals surface area contributed by atoms with E-state index in [4.69, 9.17) is 0 Å². The molecule has 1 aromatic rings. The fraction of sp³-hybridized carbons (Fsp3) is 0.583. The van der Waals surface area contributed by atoms with Crippen molar-refractivity contribution in [2.75, 3.05) is 19.6 Å². The summed E-state index contributed by atoms with van der Waals surface area (Å²) in [4.78, 5) is 25.2. The number of hydrogen-bond donors (Lipinski definition) is 2. The second-order valence-corrected chi connectivity index (χ2v) is 4.61.